The third-order valence-corrected chi connectivity index (χ3v) is 4.25. The van der Waals surface area contributed by atoms with Crippen molar-refractivity contribution >= 4 is 11.3 Å². The fourth-order valence-corrected chi connectivity index (χ4v) is 3.29. The van der Waals surface area contributed by atoms with Crippen LogP contribution in [0.2, 0.25) is 0 Å². The van der Waals surface area contributed by atoms with Crippen LogP contribution in [-0.4, -0.2) is 25.8 Å². The Morgan fingerprint density at radius 1 is 1.47 bits per heavy atom. The van der Waals surface area contributed by atoms with Crippen molar-refractivity contribution in [2.24, 2.45) is 5.92 Å². The first kappa shape index (κ1) is 13.1. The predicted molar refractivity (Wildman–Crippen MR) is 73.6 cm³/mol. The second-order valence-electron chi connectivity index (χ2n) is 4.88. The molecule has 0 bridgehead atoms. The largest absolute Gasteiger partial charge is 0.381 e. The van der Waals surface area contributed by atoms with Crippen LogP contribution >= 0.6 is 11.3 Å². The van der Waals surface area contributed by atoms with E-state index in [1.807, 2.05) is 0 Å². The number of nitrogens with one attached hydrogen (secondary N) is 1. The van der Waals surface area contributed by atoms with Crippen LogP contribution in [-0.2, 0) is 11.2 Å². The number of thiophene rings is 1. The van der Waals surface area contributed by atoms with Crippen molar-refractivity contribution in [3.05, 3.63) is 22.4 Å². The van der Waals surface area contributed by atoms with Crippen molar-refractivity contribution in [3.8, 4) is 0 Å². The van der Waals surface area contributed by atoms with Gasteiger partial charge in [0.05, 0.1) is 0 Å². The summed E-state index contributed by atoms with van der Waals surface area (Å²) in [5.74, 6) is 0.853. The van der Waals surface area contributed by atoms with Crippen LogP contribution in [0.3, 0.4) is 0 Å². The molecular formula is C14H23NOS. The first-order valence-electron chi connectivity index (χ1n) is 6.70. The van der Waals surface area contributed by atoms with Crippen LogP contribution in [0.15, 0.2) is 16.8 Å². The fourth-order valence-electron chi connectivity index (χ4n) is 2.61. The highest BCUT2D eigenvalue weighted by molar-refractivity contribution is 7.07. The van der Waals surface area contributed by atoms with E-state index < -0.39 is 0 Å². The number of ether oxygens (including phenoxy) is 1. The first-order valence-corrected chi connectivity index (χ1v) is 7.65. The predicted octanol–water partition coefficient (Wildman–Crippen LogP) is 3.09. The zero-order valence-corrected chi connectivity index (χ0v) is 11.5. The second kappa shape index (κ2) is 7.14. The van der Waals surface area contributed by atoms with E-state index in [4.69, 9.17) is 4.74 Å². The zero-order valence-electron chi connectivity index (χ0n) is 10.7. The van der Waals surface area contributed by atoms with Crippen LogP contribution in [0.4, 0.5) is 0 Å². The standard InChI is InChI=1S/C14H23NOS/c1-2-15-14(10-13-5-8-17-11-13)9-12-3-6-16-7-4-12/h5,8,11-12,14-15H,2-4,6-7,9-10H2,1H3. The monoisotopic (exact) mass is 253 g/mol. The second-order valence-corrected chi connectivity index (χ2v) is 5.66. The van der Waals surface area contributed by atoms with Gasteiger partial charge in [-0.2, -0.15) is 11.3 Å². The van der Waals surface area contributed by atoms with Crippen LogP contribution in [0.1, 0.15) is 31.7 Å². The van der Waals surface area contributed by atoms with Crippen LogP contribution in [0.5, 0.6) is 0 Å². The summed E-state index contributed by atoms with van der Waals surface area (Å²) in [7, 11) is 0. The quantitative estimate of drug-likeness (QED) is 0.841. The average molecular weight is 253 g/mol. The molecule has 96 valence electrons. The van der Waals surface area contributed by atoms with E-state index in [-0.39, 0.29) is 0 Å². The molecule has 0 spiro atoms. The Balaban J connectivity index is 1.83. The molecule has 0 amide bonds. The molecule has 2 rings (SSSR count). The Morgan fingerprint density at radius 3 is 2.94 bits per heavy atom. The molecule has 1 N–H and O–H groups in total. The van der Waals surface area contributed by atoms with Gasteiger partial charge in [0, 0.05) is 19.3 Å². The van der Waals surface area contributed by atoms with E-state index in [9.17, 15) is 0 Å². The highest BCUT2D eigenvalue weighted by Crippen LogP contribution is 2.22. The third kappa shape index (κ3) is 4.41. The van der Waals surface area contributed by atoms with Crippen molar-refractivity contribution in [2.75, 3.05) is 19.8 Å². The lowest BCUT2D eigenvalue weighted by molar-refractivity contribution is 0.0606. The molecule has 1 saturated heterocycles. The van der Waals surface area contributed by atoms with Crippen LogP contribution in [0.25, 0.3) is 0 Å². The van der Waals surface area contributed by atoms with Crippen molar-refractivity contribution in [3.63, 3.8) is 0 Å². The first-order chi connectivity index (χ1) is 8.38. The van der Waals surface area contributed by atoms with Crippen molar-refractivity contribution in [2.45, 2.75) is 38.6 Å². The maximum Gasteiger partial charge on any atom is 0.0468 e. The van der Waals surface area contributed by atoms with Gasteiger partial charge in [-0.15, -0.1) is 0 Å². The molecule has 3 heteroatoms. The van der Waals surface area contributed by atoms with E-state index in [2.05, 4.69) is 29.1 Å². The van der Waals surface area contributed by atoms with Gasteiger partial charge in [0.25, 0.3) is 0 Å². The minimum Gasteiger partial charge on any atom is -0.381 e. The van der Waals surface area contributed by atoms with E-state index >= 15 is 0 Å². The maximum absolute atomic E-state index is 5.43. The van der Waals surface area contributed by atoms with E-state index in [0.717, 1.165) is 25.7 Å². The van der Waals surface area contributed by atoms with Crippen LogP contribution < -0.4 is 5.32 Å². The van der Waals surface area contributed by atoms with Crippen LogP contribution in [0, 0.1) is 5.92 Å². The summed E-state index contributed by atoms with van der Waals surface area (Å²) in [5, 5.41) is 8.08. The average Bonchev–Trinajstić information content (AvgIpc) is 2.83. The Hall–Kier alpha value is -0.380. The zero-order chi connectivity index (χ0) is 11.9. The molecule has 1 fully saturated rings. The Morgan fingerprint density at radius 2 is 2.29 bits per heavy atom. The van der Waals surface area contributed by atoms with E-state index in [1.54, 1.807) is 11.3 Å². The van der Waals surface area contributed by atoms with Crippen molar-refractivity contribution in [1.29, 1.82) is 0 Å². The molecule has 0 saturated carbocycles. The summed E-state index contributed by atoms with van der Waals surface area (Å²) in [6.45, 7) is 5.19. The van der Waals surface area contributed by atoms with Gasteiger partial charge in [0.1, 0.15) is 0 Å². The lowest BCUT2D eigenvalue weighted by Crippen LogP contribution is -2.34. The minimum absolute atomic E-state index is 0.637. The molecule has 1 aromatic heterocycles. The molecule has 2 nitrogen and oxygen atoms in total. The lowest BCUT2D eigenvalue weighted by atomic mass is 9.90. The SMILES string of the molecule is CCNC(Cc1ccsc1)CC1CCOCC1. The molecule has 2 heterocycles. The number of hydrogen-bond donors (Lipinski definition) is 1. The maximum atomic E-state index is 5.43. The molecular weight excluding hydrogens is 230 g/mol. The molecule has 1 aromatic rings. The molecule has 0 aliphatic carbocycles. The number of rotatable bonds is 6. The van der Waals surface area contributed by atoms with Gasteiger partial charge in [0.2, 0.25) is 0 Å². The topological polar surface area (TPSA) is 21.3 Å². The van der Waals surface area contributed by atoms with Gasteiger partial charge in [-0.1, -0.05) is 6.92 Å². The highest BCUT2D eigenvalue weighted by Gasteiger charge is 2.19. The van der Waals surface area contributed by atoms with Gasteiger partial charge in [-0.25, -0.2) is 0 Å². The molecule has 1 unspecified atom stereocenters. The van der Waals surface area contributed by atoms with Gasteiger partial charge in [-0.3, -0.25) is 0 Å². The lowest BCUT2D eigenvalue weighted by Gasteiger charge is -2.27. The summed E-state index contributed by atoms with van der Waals surface area (Å²) >= 11 is 1.80. The third-order valence-electron chi connectivity index (χ3n) is 3.51. The Labute approximate surface area is 108 Å². The summed E-state index contributed by atoms with van der Waals surface area (Å²) in [6.07, 6.45) is 4.96. The highest BCUT2D eigenvalue weighted by atomic mass is 32.1. The molecule has 0 aromatic carbocycles. The molecule has 1 aliphatic rings. The van der Waals surface area contributed by atoms with E-state index in [1.165, 1.54) is 31.2 Å². The normalized spacial score (nSPS) is 19.4. The fraction of sp³-hybridized carbons (Fsp3) is 0.714. The summed E-state index contributed by atoms with van der Waals surface area (Å²) < 4.78 is 5.43. The molecule has 1 aliphatic heterocycles. The van der Waals surface area contributed by atoms with Crippen molar-refractivity contribution < 1.29 is 4.74 Å². The summed E-state index contributed by atoms with van der Waals surface area (Å²) in [4.78, 5) is 0. The van der Waals surface area contributed by atoms with Gasteiger partial charge >= 0.3 is 0 Å². The van der Waals surface area contributed by atoms with Gasteiger partial charge in [-0.05, 0) is 60.5 Å². The number of hydrogen-bond acceptors (Lipinski definition) is 3. The number of likely N-dealkylation sites (N-methyl/N-ethyl adjacent to an activating group) is 1. The van der Waals surface area contributed by atoms with Gasteiger partial charge < -0.3 is 10.1 Å². The van der Waals surface area contributed by atoms with E-state index in [0.29, 0.717) is 6.04 Å². The molecule has 17 heavy (non-hydrogen) atoms. The van der Waals surface area contributed by atoms with Gasteiger partial charge in [0.15, 0.2) is 0 Å². The summed E-state index contributed by atoms with van der Waals surface area (Å²) in [5.41, 5.74) is 1.48. The smallest absolute Gasteiger partial charge is 0.0468 e. The Bertz CT molecular complexity index is 293. The summed E-state index contributed by atoms with van der Waals surface area (Å²) in [6, 6.07) is 2.89. The van der Waals surface area contributed by atoms with Crippen molar-refractivity contribution in [1.82, 2.24) is 5.32 Å². The molecule has 1 atom stereocenters. The minimum atomic E-state index is 0.637. The Kier molecular flexibility index (Phi) is 5.49. The molecule has 0 radical (unpaired) electrons.